The van der Waals surface area contributed by atoms with Gasteiger partial charge in [0.2, 0.25) is 0 Å². The topological polar surface area (TPSA) is 78.0 Å². The highest BCUT2D eigenvalue weighted by atomic mass is 16.4. The molecule has 1 aliphatic carbocycles. The molecule has 1 saturated heterocycles. The Labute approximate surface area is 118 Å². The van der Waals surface area contributed by atoms with Gasteiger partial charge >= 0.3 is 0 Å². The fraction of sp³-hybridized carbons (Fsp3) is 0.571. The fourth-order valence-electron chi connectivity index (χ4n) is 2.81. The Bertz CT molecular complexity index is 492. The van der Waals surface area contributed by atoms with E-state index in [0.29, 0.717) is 5.69 Å². The van der Waals surface area contributed by atoms with Gasteiger partial charge in [0, 0.05) is 45.0 Å². The molecule has 0 radical (unpaired) electrons. The molecular formula is C14H21N5O. The van der Waals surface area contributed by atoms with E-state index in [0.717, 1.165) is 44.3 Å². The van der Waals surface area contributed by atoms with Crippen molar-refractivity contribution in [2.24, 2.45) is 10.9 Å². The maximum atomic E-state index is 8.82. The van der Waals surface area contributed by atoms with E-state index >= 15 is 0 Å². The Morgan fingerprint density at radius 3 is 2.75 bits per heavy atom. The van der Waals surface area contributed by atoms with Crippen molar-refractivity contribution in [2.45, 2.75) is 25.4 Å². The van der Waals surface area contributed by atoms with Crippen LogP contribution in [0.5, 0.6) is 0 Å². The van der Waals surface area contributed by atoms with Gasteiger partial charge in [0.15, 0.2) is 5.84 Å². The highest BCUT2D eigenvalue weighted by Gasteiger charge is 2.31. The van der Waals surface area contributed by atoms with Gasteiger partial charge < -0.3 is 10.9 Å². The predicted octanol–water partition coefficient (Wildman–Crippen LogP) is 0.456. The summed E-state index contributed by atoms with van der Waals surface area (Å²) in [4.78, 5) is 9.21. The Morgan fingerprint density at radius 2 is 2.10 bits per heavy atom. The first-order valence-electron chi connectivity index (χ1n) is 7.16. The molecule has 20 heavy (non-hydrogen) atoms. The number of aromatic nitrogens is 1. The number of oxime groups is 1. The summed E-state index contributed by atoms with van der Waals surface area (Å²) < 4.78 is 0. The lowest BCUT2D eigenvalue weighted by molar-refractivity contribution is 0.121. The highest BCUT2D eigenvalue weighted by Crippen LogP contribution is 2.27. The maximum absolute atomic E-state index is 8.82. The number of pyridine rings is 1. The number of amidine groups is 1. The standard InChI is InChI=1S/C14H21N5O/c15-14(17-20)13-11(2-1-5-16-13)10-18-6-8-19(9-7-18)12-3-4-12/h1-2,5,12,20H,3-4,6-10H2,(H2,15,17). The molecule has 1 aromatic heterocycles. The largest absolute Gasteiger partial charge is 0.409 e. The first kappa shape index (κ1) is 13.3. The fourth-order valence-corrected chi connectivity index (χ4v) is 2.81. The molecule has 6 heteroatoms. The summed E-state index contributed by atoms with van der Waals surface area (Å²) in [6.45, 7) is 5.23. The van der Waals surface area contributed by atoms with Crippen molar-refractivity contribution < 1.29 is 5.21 Å². The molecular weight excluding hydrogens is 254 g/mol. The molecule has 2 fully saturated rings. The summed E-state index contributed by atoms with van der Waals surface area (Å²) in [5, 5.41) is 11.9. The normalized spacial score (nSPS) is 22.1. The summed E-state index contributed by atoms with van der Waals surface area (Å²) in [5.41, 5.74) is 7.28. The van der Waals surface area contributed by atoms with Gasteiger partial charge in [0.25, 0.3) is 0 Å². The zero-order valence-electron chi connectivity index (χ0n) is 11.6. The first-order chi connectivity index (χ1) is 9.78. The average Bonchev–Trinajstić information content (AvgIpc) is 3.32. The molecule has 6 nitrogen and oxygen atoms in total. The minimum absolute atomic E-state index is 0.0808. The molecule has 1 aromatic rings. The van der Waals surface area contributed by atoms with Crippen molar-refractivity contribution in [3.05, 3.63) is 29.6 Å². The van der Waals surface area contributed by atoms with Gasteiger partial charge in [-0.15, -0.1) is 0 Å². The van der Waals surface area contributed by atoms with E-state index in [1.807, 2.05) is 12.1 Å². The van der Waals surface area contributed by atoms with E-state index in [2.05, 4.69) is 19.9 Å². The zero-order valence-corrected chi connectivity index (χ0v) is 11.6. The van der Waals surface area contributed by atoms with Crippen LogP contribution in [0.2, 0.25) is 0 Å². The maximum Gasteiger partial charge on any atom is 0.189 e. The minimum atomic E-state index is 0.0808. The van der Waals surface area contributed by atoms with E-state index in [9.17, 15) is 0 Å². The lowest BCUT2D eigenvalue weighted by Crippen LogP contribution is -2.46. The molecule has 3 N–H and O–H groups in total. The number of hydrogen-bond donors (Lipinski definition) is 2. The molecule has 2 heterocycles. The second-order valence-corrected chi connectivity index (χ2v) is 5.54. The quantitative estimate of drug-likeness (QED) is 0.361. The zero-order chi connectivity index (χ0) is 13.9. The van der Waals surface area contributed by atoms with E-state index in [-0.39, 0.29) is 5.84 Å². The SMILES string of the molecule is NC(=NO)c1ncccc1CN1CCN(C2CC2)CC1. The first-order valence-corrected chi connectivity index (χ1v) is 7.16. The van der Waals surface area contributed by atoms with Crippen LogP contribution < -0.4 is 5.73 Å². The number of nitrogens with two attached hydrogens (primary N) is 1. The van der Waals surface area contributed by atoms with Crippen molar-refractivity contribution in [3.8, 4) is 0 Å². The Morgan fingerprint density at radius 1 is 1.35 bits per heavy atom. The number of hydrogen-bond acceptors (Lipinski definition) is 5. The number of piperazine rings is 1. The average molecular weight is 275 g/mol. The van der Waals surface area contributed by atoms with Crippen LogP contribution >= 0.6 is 0 Å². The van der Waals surface area contributed by atoms with Gasteiger partial charge in [-0.25, -0.2) is 0 Å². The van der Waals surface area contributed by atoms with Crippen molar-refractivity contribution in [1.82, 2.24) is 14.8 Å². The van der Waals surface area contributed by atoms with Gasteiger partial charge in [-0.1, -0.05) is 11.2 Å². The summed E-state index contributed by atoms with van der Waals surface area (Å²) in [6.07, 6.45) is 4.41. The molecule has 3 rings (SSSR count). The van der Waals surface area contributed by atoms with Crippen LogP contribution in [0.3, 0.4) is 0 Å². The van der Waals surface area contributed by atoms with Gasteiger partial charge in [0.05, 0.1) is 0 Å². The third-order valence-electron chi connectivity index (χ3n) is 4.11. The Hall–Kier alpha value is -1.66. The number of rotatable bonds is 4. The van der Waals surface area contributed by atoms with Crippen LogP contribution in [0.15, 0.2) is 23.5 Å². The predicted molar refractivity (Wildman–Crippen MR) is 76.6 cm³/mol. The van der Waals surface area contributed by atoms with Crippen LogP contribution in [-0.4, -0.2) is 58.0 Å². The van der Waals surface area contributed by atoms with Crippen LogP contribution in [0.4, 0.5) is 0 Å². The molecule has 0 atom stereocenters. The van der Waals surface area contributed by atoms with Gasteiger partial charge in [-0.2, -0.15) is 0 Å². The lowest BCUT2D eigenvalue weighted by Gasteiger charge is -2.35. The smallest absolute Gasteiger partial charge is 0.189 e. The van der Waals surface area contributed by atoms with Crippen molar-refractivity contribution in [1.29, 1.82) is 0 Å². The molecule has 0 bridgehead atoms. The molecule has 2 aliphatic rings. The molecule has 108 valence electrons. The highest BCUT2D eigenvalue weighted by molar-refractivity contribution is 5.96. The Balaban J connectivity index is 1.63. The van der Waals surface area contributed by atoms with Crippen LogP contribution in [0, 0.1) is 0 Å². The van der Waals surface area contributed by atoms with Crippen LogP contribution in [0.1, 0.15) is 24.1 Å². The molecule has 0 amide bonds. The van der Waals surface area contributed by atoms with Gasteiger partial charge in [-0.3, -0.25) is 14.8 Å². The van der Waals surface area contributed by atoms with Crippen LogP contribution in [-0.2, 0) is 6.54 Å². The van der Waals surface area contributed by atoms with Gasteiger partial charge in [0.1, 0.15) is 5.69 Å². The van der Waals surface area contributed by atoms with Crippen molar-refractivity contribution in [2.75, 3.05) is 26.2 Å². The third kappa shape index (κ3) is 2.91. The second-order valence-electron chi connectivity index (χ2n) is 5.54. The number of nitrogens with zero attached hydrogens (tertiary/aromatic N) is 4. The summed E-state index contributed by atoms with van der Waals surface area (Å²) in [5.74, 6) is 0.0808. The molecule has 0 aromatic carbocycles. The molecule has 0 spiro atoms. The minimum Gasteiger partial charge on any atom is -0.409 e. The second kappa shape index (κ2) is 5.76. The van der Waals surface area contributed by atoms with Gasteiger partial charge in [-0.05, 0) is 24.5 Å². The summed E-state index contributed by atoms with van der Waals surface area (Å²) in [7, 11) is 0. The lowest BCUT2D eigenvalue weighted by atomic mass is 10.1. The van der Waals surface area contributed by atoms with E-state index < -0.39 is 0 Å². The third-order valence-corrected chi connectivity index (χ3v) is 4.11. The van der Waals surface area contributed by atoms with E-state index in [4.69, 9.17) is 10.9 Å². The molecule has 1 saturated carbocycles. The monoisotopic (exact) mass is 275 g/mol. The summed E-state index contributed by atoms with van der Waals surface area (Å²) in [6, 6.07) is 4.74. The summed E-state index contributed by atoms with van der Waals surface area (Å²) >= 11 is 0. The molecule has 1 aliphatic heterocycles. The van der Waals surface area contributed by atoms with Crippen molar-refractivity contribution in [3.63, 3.8) is 0 Å². The van der Waals surface area contributed by atoms with E-state index in [1.165, 1.54) is 12.8 Å². The Kier molecular flexibility index (Phi) is 3.84. The molecule has 0 unspecified atom stereocenters. The van der Waals surface area contributed by atoms with Crippen LogP contribution in [0.25, 0.3) is 0 Å². The van der Waals surface area contributed by atoms with Crippen molar-refractivity contribution >= 4 is 5.84 Å². The van der Waals surface area contributed by atoms with E-state index in [1.54, 1.807) is 6.20 Å².